The average Bonchev–Trinajstić information content (AvgIpc) is 2.74. The van der Waals surface area contributed by atoms with E-state index in [9.17, 15) is 18.4 Å². The molecule has 1 heterocycles. The SMILES string of the molecule is COc1cc(-n2c(C)nc3ccccc3c2=O)ccc1NC(=O)c1ccc(F)cc1F. The molecule has 8 heteroatoms. The van der Waals surface area contributed by atoms with Crippen LogP contribution in [0.4, 0.5) is 14.5 Å². The zero-order chi connectivity index (χ0) is 22.1. The summed E-state index contributed by atoms with van der Waals surface area (Å²) in [4.78, 5) is 29.9. The number of fused-ring (bicyclic) bond motifs is 1. The Kier molecular flexibility index (Phi) is 5.21. The second-order valence-corrected chi connectivity index (χ2v) is 6.78. The van der Waals surface area contributed by atoms with Crippen molar-refractivity contribution in [1.29, 1.82) is 0 Å². The van der Waals surface area contributed by atoms with Gasteiger partial charge < -0.3 is 10.1 Å². The van der Waals surface area contributed by atoms with Gasteiger partial charge in [0, 0.05) is 12.1 Å². The Morgan fingerprint density at radius 1 is 1.06 bits per heavy atom. The van der Waals surface area contributed by atoms with Crippen LogP contribution in [0.3, 0.4) is 0 Å². The highest BCUT2D eigenvalue weighted by atomic mass is 19.1. The van der Waals surface area contributed by atoms with Gasteiger partial charge in [-0.1, -0.05) is 12.1 Å². The number of aryl methyl sites for hydroxylation is 1. The van der Waals surface area contributed by atoms with Gasteiger partial charge in [0.05, 0.1) is 35.0 Å². The maximum atomic E-state index is 13.9. The lowest BCUT2D eigenvalue weighted by atomic mass is 10.1. The molecule has 0 saturated heterocycles. The van der Waals surface area contributed by atoms with Crippen LogP contribution in [0.25, 0.3) is 16.6 Å². The summed E-state index contributed by atoms with van der Waals surface area (Å²) in [5, 5.41) is 3.01. The molecule has 0 aliphatic heterocycles. The number of amides is 1. The first kappa shape index (κ1) is 20.2. The summed E-state index contributed by atoms with van der Waals surface area (Å²) >= 11 is 0. The summed E-state index contributed by atoms with van der Waals surface area (Å²) < 4.78 is 33.8. The van der Waals surface area contributed by atoms with Crippen LogP contribution >= 0.6 is 0 Å². The second-order valence-electron chi connectivity index (χ2n) is 6.78. The Morgan fingerprint density at radius 3 is 2.58 bits per heavy atom. The molecule has 0 saturated carbocycles. The minimum Gasteiger partial charge on any atom is -0.494 e. The van der Waals surface area contributed by atoms with E-state index in [0.29, 0.717) is 28.5 Å². The van der Waals surface area contributed by atoms with Gasteiger partial charge in [0.15, 0.2) is 0 Å². The summed E-state index contributed by atoms with van der Waals surface area (Å²) in [6.45, 7) is 1.72. The predicted molar refractivity (Wildman–Crippen MR) is 113 cm³/mol. The van der Waals surface area contributed by atoms with Gasteiger partial charge >= 0.3 is 0 Å². The number of halogens is 2. The number of rotatable bonds is 4. The van der Waals surface area contributed by atoms with E-state index in [4.69, 9.17) is 4.74 Å². The largest absolute Gasteiger partial charge is 0.494 e. The van der Waals surface area contributed by atoms with Crippen LogP contribution in [0.15, 0.2) is 65.5 Å². The number of aromatic nitrogens is 2. The minimum atomic E-state index is -0.975. The summed E-state index contributed by atoms with van der Waals surface area (Å²) in [5.41, 5.74) is 0.801. The topological polar surface area (TPSA) is 73.2 Å². The number of hydrogen-bond donors (Lipinski definition) is 1. The van der Waals surface area contributed by atoms with Gasteiger partial charge in [0.1, 0.15) is 23.2 Å². The normalized spacial score (nSPS) is 10.8. The lowest BCUT2D eigenvalue weighted by Crippen LogP contribution is -2.22. The zero-order valence-corrected chi connectivity index (χ0v) is 16.6. The van der Waals surface area contributed by atoms with Crippen LogP contribution in [0, 0.1) is 18.6 Å². The van der Waals surface area contributed by atoms with Gasteiger partial charge in [-0.05, 0) is 43.3 Å². The number of nitrogens with zero attached hydrogens (tertiary/aromatic N) is 2. The van der Waals surface area contributed by atoms with Gasteiger partial charge in [-0.15, -0.1) is 0 Å². The number of methoxy groups -OCH3 is 1. The summed E-state index contributed by atoms with van der Waals surface area (Å²) in [5.74, 6) is -1.77. The van der Waals surface area contributed by atoms with Crippen molar-refractivity contribution < 1.29 is 18.3 Å². The van der Waals surface area contributed by atoms with Gasteiger partial charge in [-0.25, -0.2) is 13.8 Å². The number of ether oxygens (including phenoxy) is 1. The number of carbonyl (C=O) groups excluding carboxylic acids is 1. The molecular weight excluding hydrogens is 404 g/mol. The fourth-order valence-corrected chi connectivity index (χ4v) is 3.33. The van der Waals surface area contributed by atoms with Gasteiger partial charge in [0.2, 0.25) is 0 Å². The van der Waals surface area contributed by atoms with Crippen molar-refractivity contribution in [2.45, 2.75) is 6.92 Å². The summed E-state index contributed by atoms with van der Waals surface area (Å²) in [6, 6.07) is 14.5. The smallest absolute Gasteiger partial charge is 0.265 e. The molecule has 0 fully saturated rings. The Balaban J connectivity index is 1.73. The van der Waals surface area contributed by atoms with Crippen LogP contribution in [0.1, 0.15) is 16.2 Å². The molecule has 1 aromatic heterocycles. The molecule has 0 aliphatic carbocycles. The van der Waals surface area contributed by atoms with Crippen LogP contribution in [0.5, 0.6) is 5.75 Å². The maximum Gasteiger partial charge on any atom is 0.265 e. The molecule has 1 N–H and O–H groups in total. The Labute approximate surface area is 175 Å². The van der Waals surface area contributed by atoms with Crippen molar-refractivity contribution in [3.63, 3.8) is 0 Å². The van der Waals surface area contributed by atoms with E-state index in [1.165, 1.54) is 17.7 Å². The molecule has 4 aromatic rings. The van der Waals surface area contributed by atoms with E-state index in [-0.39, 0.29) is 22.6 Å². The molecule has 156 valence electrons. The highest BCUT2D eigenvalue weighted by molar-refractivity contribution is 6.05. The first-order chi connectivity index (χ1) is 14.9. The quantitative estimate of drug-likeness (QED) is 0.535. The van der Waals surface area contributed by atoms with E-state index < -0.39 is 17.5 Å². The third-order valence-corrected chi connectivity index (χ3v) is 4.81. The molecule has 0 spiro atoms. The molecular formula is C23H17F2N3O3. The molecule has 0 unspecified atom stereocenters. The molecule has 31 heavy (non-hydrogen) atoms. The molecule has 3 aromatic carbocycles. The van der Waals surface area contributed by atoms with Gasteiger partial charge in [-0.3, -0.25) is 14.2 Å². The van der Waals surface area contributed by atoms with Crippen molar-refractivity contribution >= 4 is 22.5 Å². The maximum absolute atomic E-state index is 13.9. The molecule has 6 nitrogen and oxygen atoms in total. The molecule has 0 radical (unpaired) electrons. The first-order valence-electron chi connectivity index (χ1n) is 9.32. The standard InChI is InChI=1S/C23H17F2N3O3/c1-13-26-19-6-4-3-5-17(19)23(30)28(13)15-8-10-20(21(12-15)31-2)27-22(29)16-9-7-14(24)11-18(16)25/h3-12H,1-2H3,(H,27,29). The number of anilines is 1. The molecule has 4 rings (SSSR count). The van der Waals surface area contributed by atoms with E-state index in [1.54, 1.807) is 37.3 Å². The van der Waals surface area contributed by atoms with Crippen molar-refractivity contribution in [2.75, 3.05) is 12.4 Å². The predicted octanol–water partition coefficient (Wildman–Crippen LogP) is 4.23. The summed E-state index contributed by atoms with van der Waals surface area (Å²) in [6.07, 6.45) is 0. The van der Waals surface area contributed by atoms with Crippen LogP contribution in [-0.4, -0.2) is 22.6 Å². The lowest BCUT2D eigenvalue weighted by Gasteiger charge is -2.15. The number of nitrogens with one attached hydrogen (secondary N) is 1. The van der Waals surface area contributed by atoms with E-state index in [0.717, 1.165) is 12.1 Å². The van der Waals surface area contributed by atoms with Gasteiger partial charge in [0.25, 0.3) is 11.5 Å². The molecule has 1 amide bonds. The number of hydrogen-bond acceptors (Lipinski definition) is 4. The fourth-order valence-electron chi connectivity index (χ4n) is 3.33. The van der Waals surface area contributed by atoms with Crippen molar-refractivity contribution in [1.82, 2.24) is 9.55 Å². The zero-order valence-electron chi connectivity index (χ0n) is 16.6. The average molecular weight is 421 g/mol. The van der Waals surface area contributed by atoms with Crippen molar-refractivity contribution in [3.8, 4) is 11.4 Å². The number of para-hydroxylation sites is 1. The van der Waals surface area contributed by atoms with E-state index >= 15 is 0 Å². The van der Waals surface area contributed by atoms with E-state index in [2.05, 4.69) is 10.3 Å². The molecule has 0 bridgehead atoms. The highest BCUT2D eigenvalue weighted by Gasteiger charge is 2.16. The van der Waals surface area contributed by atoms with Crippen LogP contribution in [0.2, 0.25) is 0 Å². The third-order valence-electron chi connectivity index (χ3n) is 4.81. The summed E-state index contributed by atoms with van der Waals surface area (Å²) in [7, 11) is 1.40. The minimum absolute atomic E-state index is 0.240. The van der Waals surface area contributed by atoms with Crippen LogP contribution < -0.4 is 15.6 Å². The Morgan fingerprint density at radius 2 is 1.84 bits per heavy atom. The Hall–Kier alpha value is -4.07. The third kappa shape index (κ3) is 3.75. The monoisotopic (exact) mass is 421 g/mol. The van der Waals surface area contributed by atoms with Crippen LogP contribution in [-0.2, 0) is 0 Å². The second kappa shape index (κ2) is 7.98. The van der Waals surface area contributed by atoms with Crippen molar-refractivity contribution in [2.24, 2.45) is 0 Å². The van der Waals surface area contributed by atoms with E-state index in [1.807, 2.05) is 6.07 Å². The highest BCUT2D eigenvalue weighted by Crippen LogP contribution is 2.28. The lowest BCUT2D eigenvalue weighted by molar-refractivity contribution is 0.102. The van der Waals surface area contributed by atoms with Gasteiger partial charge in [-0.2, -0.15) is 0 Å². The van der Waals surface area contributed by atoms with Crippen molar-refractivity contribution in [3.05, 3.63) is 94.0 Å². The Bertz CT molecular complexity index is 1380. The first-order valence-corrected chi connectivity index (χ1v) is 9.32. The number of carbonyl (C=O) groups is 1. The molecule has 0 aliphatic rings. The number of benzene rings is 3. The molecule has 0 atom stereocenters. The fraction of sp³-hybridized carbons (Fsp3) is 0.0870.